The van der Waals surface area contributed by atoms with Gasteiger partial charge in [-0.15, -0.1) is 10.2 Å². The molecule has 2 amide bonds. The van der Waals surface area contributed by atoms with Crippen molar-refractivity contribution in [1.82, 2.24) is 20.1 Å². The van der Waals surface area contributed by atoms with Gasteiger partial charge < -0.3 is 19.9 Å². The van der Waals surface area contributed by atoms with Gasteiger partial charge in [-0.3, -0.25) is 0 Å². The molecule has 1 heterocycles. The number of rotatable bonds is 5. The predicted molar refractivity (Wildman–Crippen MR) is 89.8 cm³/mol. The standard InChI is InChI=1S/C17H16FN5O2/c1-23-11-20-22-16(23)10-19-17(24)21-13-5-7-14(8-6-13)25-15-4-2-3-12(18)9-15/h2-9,11H,10H2,1H3,(H2,19,21,24). The molecular weight excluding hydrogens is 325 g/mol. The highest BCUT2D eigenvalue weighted by Crippen LogP contribution is 2.23. The lowest BCUT2D eigenvalue weighted by atomic mass is 10.3. The zero-order chi connectivity index (χ0) is 17.6. The molecule has 0 bridgehead atoms. The fourth-order valence-corrected chi connectivity index (χ4v) is 2.07. The minimum atomic E-state index is -0.365. The van der Waals surface area contributed by atoms with Gasteiger partial charge in [0.1, 0.15) is 23.6 Å². The van der Waals surface area contributed by atoms with Crippen LogP contribution >= 0.6 is 0 Å². The number of anilines is 1. The predicted octanol–water partition coefficient (Wildman–Crippen LogP) is 3.07. The maximum absolute atomic E-state index is 13.1. The molecule has 3 rings (SSSR count). The lowest BCUT2D eigenvalue weighted by molar-refractivity contribution is 0.251. The van der Waals surface area contributed by atoms with Gasteiger partial charge in [-0.1, -0.05) is 6.07 Å². The highest BCUT2D eigenvalue weighted by atomic mass is 19.1. The number of carbonyl (C=O) groups excluding carboxylic acids is 1. The van der Waals surface area contributed by atoms with E-state index in [1.807, 2.05) is 0 Å². The molecule has 7 nitrogen and oxygen atoms in total. The van der Waals surface area contributed by atoms with Crippen molar-refractivity contribution in [3.05, 3.63) is 66.5 Å². The molecule has 0 fully saturated rings. The van der Waals surface area contributed by atoms with Crippen molar-refractivity contribution in [3.63, 3.8) is 0 Å². The second kappa shape index (κ2) is 7.43. The largest absolute Gasteiger partial charge is 0.457 e. The Morgan fingerprint density at radius 1 is 1.20 bits per heavy atom. The average molecular weight is 341 g/mol. The monoisotopic (exact) mass is 341 g/mol. The van der Waals surface area contributed by atoms with Gasteiger partial charge in [0, 0.05) is 18.8 Å². The zero-order valence-corrected chi connectivity index (χ0v) is 13.4. The van der Waals surface area contributed by atoms with Crippen molar-refractivity contribution in [2.24, 2.45) is 7.05 Å². The molecule has 8 heteroatoms. The van der Waals surface area contributed by atoms with E-state index >= 15 is 0 Å². The smallest absolute Gasteiger partial charge is 0.319 e. The van der Waals surface area contributed by atoms with E-state index in [1.165, 1.54) is 12.1 Å². The molecule has 3 aromatic rings. The number of halogens is 1. The Kier molecular flexibility index (Phi) is 4.89. The molecule has 0 aliphatic rings. The second-order valence-corrected chi connectivity index (χ2v) is 5.25. The minimum Gasteiger partial charge on any atom is -0.457 e. The number of aromatic nitrogens is 3. The summed E-state index contributed by atoms with van der Waals surface area (Å²) in [5.74, 6) is 1.22. The number of nitrogens with one attached hydrogen (secondary N) is 2. The first-order chi connectivity index (χ1) is 12.1. The molecule has 2 N–H and O–H groups in total. The molecule has 0 spiro atoms. The lowest BCUT2D eigenvalue weighted by Crippen LogP contribution is -2.29. The van der Waals surface area contributed by atoms with Gasteiger partial charge in [-0.05, 0) is 36.4 Å². The number of carbonyl (C=O) groups is 1. The summed E-state index contributed by atoms with van der Waals surface area (Å²) in [5, 5.41) is 13.0. The quantitative estimate of drug-likeness (QED) is 0.747. The molecule has 128 valence electrons. The Morgan fingerprint density at radius 3 is 2.68 bits per heavy atom. The second-order valence-electron chi connectivity index (χ2n) is 5.25. The number of hydrogen-bond donors (Lipinski definition) is 2. The van der Waals surface area contributed by atoms with Crippen LogP contribution in [0.3, 0.4) is 0 Å². The molecule has 1 aromatic heterocycles. The summed E-state index contributed by atoms with van der Waals surface area (Å²) in [7, 11) is 1.80. The first-order valence-electron chi connectivity index (χ1n) is 7.51. The van der Waals surface area contributed by atoms with Crippen LogP contribution in [-0.4, -0.2) is 20.8 Å². The van der Waals surface area contributed by atoms with E-state index in [-0.39, 0.29) is 18.4 Å². The number of urea groups is 1. The van der Waals surface area contributed by atoms with Gasteiger partial charge in [0.2, 0.25) is 0 Å². The van der Waals surface area contributed by atoms with Crippen molar-refractivity contribution in [1.29, 1.82) is 0 Å². The Bertz CT molecular complexity index is 863. The number of hydrogen-bond acceptors (Lipinski definition) is 4. The fraction of sp³-hybridized carbons (Fsp3) is 0.118. The van der Waals surface area contributed by atoms with Gasteiger partial charge in [-0.2, -0.15) is 0 Å². The summed E-state index contributed by atoms with van der Waals surface area (Å²) in [4.78, 5) is 11.9. The van der Waals surface area contributed by atoms with Crippen molar-refractivity contribution in [2.75, 3.05) is 5.32 Å². The molecular formula is C17H16FN5O2. The molecule has 0 saturated heterocycles. The van der Waals surface area contributed by atoms with Crippen LogP contribution in [0.2, 0.25) is 0 Å². The van der Waals surface area contributed by atoms with E-state index in [9.17, 15) is 9.18 Å². The summed E-state index contributed by atoms with van der Waals surface area (Å²) in [6.07, 6.45) is 1.56. The van der Waals surface area contributed by atoms with Gasteiger partial charge in [-0.25, -0.2) is 9.18 Å². The van der Waals surface area contributed by atoms with Crippen molar-refractivity contribution in [2.45, 2.75) is 6.54 Å². The number of benzene rings is 2. The van der Waals surface area contributed by atoms with E-state index in [0.29, 0.717) is 23.0 Å². The van der Waals surface area contributed by atoms with Crippen LogP contribution in [0.1, 0.15) is 5.82 Å². The Balaban J connectivity index is 1.53. The molecule has 0 atom stereocenters. The average Bonchev–Trinajstić information content (AvgIpc) is 3.00. The number of aryl methyl sites for hydroxylation is 1. The van der Waals surface area contributed by atoms with Crippen LogP contribution in [-0.2, 0) is 13.6 Å². The van der Waals surface area contributed by atoms with Crippen LogP contribution in [0.25, 0.3) is 0 Å². The first-order valence-corrected chi connectivity index (χ1v) is 7.51. The van der Waals surface area contributed by atoms with Crippen LogP contribution < -0.4 is 15.4 Å². The highest BCUT2D eigenvalue weighted by Gasteiger charge is 2.05. The third kappa shape index (κ3) is 4.54. The number of nitrogens with zero attached hydrogens (tertiary/aromatic N) is 3. The highest BCUT2D eigenvalue weighted by molar-refractivity contribution is 5.89. The maximum atomic E-state index is 13.1. The Labute approximate surface area is 143 Å². The normalized spacial score (nSPS) is 10.3. The third-order valence-electron chi connectivity index (χ3n) is 3.36. The van der Waals surface area contributed by atoms with E-state index < -0.39 is 0 Å². The summed E-state index contributed by atoms with van der Waals surface area (Å²) in [6.45, 7) is 0.267. The van der Waals surface area contributed by atoms with Gasteiger partial charge in [0.05, 0.1) is 6.54 Å². The van der Waals surface area contributed by atoms with Gasteiger partial charge in [0.25, 0.3) is 0 Å². The zero-order valence-electron chi connectivity index (χ0n) is 13.4. The molecule has 0 aliphatic carbocycles. The molecule has 0 aliphatic heterocycles. The topological polar surface area (TPSA) is 81.1 Å². The van der Waals surface area contributed by atoms with Crippen molar-refractivity contribution >= 4 is 11.7 Å². The fourth-order valence-electron chi connectivity index (χ4n) is 2.07. The van der Waals surface area contributed by atoms with Crippen LogP contribution in [0.4, 0.5) is 14.9 Å². The molecule has 0 saturated carbocycles. The van der Waals surface area contributed by atoms with Crippen LogP contribution in [0.5, 0.6) is 11.5 Å². The molecule has 2 aromatic carbocycles. The molecule has 25 heavy (non-hydrogen) atoms. The van der Waals surface area contributed by atoms with E-state index in [2.05, 4.69) is 20.8 Å². The Morgan fingerprint density at radius 2 is 2.00 bits per heavy atom. The summed E-state index contributed by atoms with van der Waals surface area (Å²) < 4.78 is 20.4. The van der Waals surface area contributed by atoms with Gasteiger partial charge in [0.15, 0.2) is 5.82 Å². The minimum absolute atomic E-state index is 0.267. The van der Waals surface area contributed by atoms with Crippen LogP contribution in [0.15, 0.2) is 54.9 Å². The summed E-state index contributed by atoms with van der Waals surface area (Å²) in [5.41, 5.74) is 0.599. The molecule has 0 unspecified atom stereocenters. The van der Waals surface area contributed by atoms with Crippen molar-refractivity contribution < 1.29 is 13.9 Å². The van der Waals surface area contributed by atoms with Crippen molar-refractivity contribution in [3.8, 4) is 11.5 Å². The lowest BCUT2D eigenvalue weighted by Gasteiger charge is -2.09. The molecule has 0 radical (unpaired) electrons. The number of ether oxygens (including phenoxy) is 1. The first kappa shape index (κ1) is 16.4. The number of amides is 2. The van der Waals surface area contributed by atoms with Crippen LogP contribution in [0, 0.1) is 5.82 Å². The maximum Gasteiger partial charge on any atom is 0.319 e. The Hall–Kier alpha value is -3.42. The summed E-state index contributed by atoms with van der Waals surface area (Å²) >= 11 is 0. The van der Waals surface area contributed by atoms with E-state index in [1.54, 1.807) is 54.3 Å². The summed E-state index contributed by atoms with van der Waals surface area (Å²) in [6, 6.07) is 12.3. The van der Waals surface area contributed by atoms with Gasteiger partial charge >= 0.3 is 6.03 Å². The van der Waals surface area contributed by atoms with E-state index in [4.69, 9.17) is 4.74 Å². The third-order valence-corrected chi connectivity index (χ3v) is 3.36. The SMILES string of the molecule is Cn1cnnc1CNC(=O)Nc1ccc(Oc2cccc(F)c2)cc1. The van der Waals surface area contributed by atoms with E-state index in [0.717, 1.165) is 0 Å².